The van der Waals surface area contributed by atoms with Crippen molar-refractivity contribution in [1.29, 1.82) is 0 Å². The van der Waals surface area contributed by atoms with E-state index in [0.717, 1.165) is 11.5 Å². The molecule has 0 saturated carbocycles. The molecule has 0 saturated heterocycles. The molecule has 0 aromatic carbocycles. The largest absolute Gasteiger partial charge is 0.367 e. The second-order valence-electron chi connectivity index (χ2n) is 5.18. The summed E-state index contributed by atoms with van der Waals surface area (Å²) in [5, 5.41) is 7.53. The van der Waals surface area contributed by atoms with E-state index in [1.54, 1.807) is 10.7 Å². The summed E-state index contributed by atoms with van der Waals surface area (Å²) in [5.41, 5.74) is 1.08. The molecule has 0 aliphatic rings. The second kappa shape index (κ2) is 3.77. The highest BCUT2D eigenvalue weighted by Crippen LogP contribution is 2.21. The molecule has 16 heavy (non-hydrogen) atoms. The Kier molecular flexibility index (Phi) is 2.58. The molecular formula is C12H18N4. The van der Waals surface area contributed by atoms with Crippen LogP contribution in [0, 0.1) is 5.41 Å². The van der Waals surface area contributed by atoms with Gasteiger partial charge in [0.1, 0.15) is 5.82 Å². The molecule has 1 atom stereocenters. The van der Waals surface area contributed by atoms with Crippen molar-refractivity contribution in [1.82, 2.24) is 14.6 Å². The summed E-state index contributed by atoms with van der Waals surface area (Å²) in [6.45, 7) is 8.80. The van der Waals surface area contributed by atoms with Crippen LogP contribution in [0.4, 0.5) is 5.82 Å². The van der Waals surface area contributed by atoms with Crippen molar-refractivity contribution in [3.8, 4) is 0 Å². The number of fused-ring (bicyclic) bond motifs is 1. The predicted octanol–water partition coefficient (Wildman–Crippen LogP) is 2.58. The van der Waals surface area contributed by atoms with Crippen molar-refractivity contribution < 1.29 is 0 Å². The molecule has 1 N–H and O–H groups in total. The van der Waals surface area contributed by atoms with Gasteiger partial charge in [0.2, 0.25) is 0 Å². The van der Waals surface area contributed by atoms with Crippen molar-refractivity contribution >= 4 is 11.5 Å². The van der Waals surface area contributed by atoms with E-state index in [9.17, 15) is 0 Å². The van der Waals surface area contributed by atoms with Crippen molar-refractivity contribution in [3.05, 3.63) is 24.5 Å². The van der Waals surface area contributed by atoms with Gasteiger partial charge in [-0.25, -0.2) is 9.50 Å². The number of rotatable bonds is 2. The van der Waals surface area contributed by atoms with Gasteiger partial charge in [0, 0.05) is 18.3 Å². The summed E-state index contributed by atoms with van der Waals surface area (Å²) in [5.74, 6) is 0.899. The lowest BCUT2D eigenvalue weighted by Crippen LogP contribution is -2.31. The third-order valence-electron chi connectivity index (χ3n) is 2.92. The quantitative estimate of drug-likeness (QED) is 0.842. The molecule has 2 aromatic rings. The van der Waals surface area contributed by atoms with Crippen LogP contribution in [0.25, 0.3) is 5.65 Å². The highest BCUT2D eigenvalue weighted by Gasteiger charge is 2.19. The van der Waals surface area contributed by atoms with Gasteiger partial charge in [-0.2, -0.15) is 5.10 Å². The fourth-order valence-corrected chi connectivity index (χ4v) is 1.33. The number of aromatic nitrogens is 3. The maximum atomic E-state index is 4.48. The van der Waals surface area contributed by atoms with Crippen molar-refractivity contribution in [2.24, 2.45) is 5.41 Å². The molecule has 0 aliphatic carbocycles. The van der Waals surface area contributed by atoms with Gasteiger partial charge in [0.25, 0.3) is 0 Å². The Labute approximate surface area is 95.7 Å². The molecule has 0 amide bonds. The van der Waals surface area contributed by atoms with E-state index in [1.807, 2.05) is 18.3 Å². The smallest absolute Gasteiger partial charge is 0.157 e. The lowest BCUT2D eigenvalue weighted by Gasteiger charge is -2.28. The third-order valence-corrected chi connectivity index (χ3v) is 2.92. The molecule has 2 heterocycles. The standard InChI is InChI=1S/C12H18N4/c1-9(12(2,3)4)14-10-6-8-16-11(15-10)5-7-13-16/h5-9H,1-4H3,(H,14,15). The lowest BCUT2D eigenvalue weighted by molar-refractivity contribution is 0.359. The summed E-state index contributed by atoms with van der Waals surface area (Å²) >= 11 is 0. The van der Waals surface area contributed by atoms with E-state index in [-0.39, 0.29) is 5.41 Å². The van der Waals surface area contributed by atoms with Crippen molar-refractivity contribution in [2.45, 2.75) is 33.7 Å². The molecule has 2 aromatic heterocycles. The van der Waals surface area contributed by atoms with Gasteiger partial charge in [-0.1, -0.05) is 20.8 Å². The maximum Gasteiger partial charge on any atom is 0.157 e. The first-order valence-electron chi connectivity index (χ1n) is 5.54. The molecule has 0 radical (unpaired) electrons. The zero-order valence-corrected chi connectivity index (χ0v) is 10.2. The second-order valence-corrected chi connectivity index (χ2v) is 5.18. The third kappa shape index (κ3) is 2.15. The van der Waals surface area contributed by atoms with Crippen LogP contribution in [0.2, 0.25) is 0 Å². The van der Waals surface area contributed by atoms with Crippen LogP contribution < -0.4 is 5.32 Å². The highest BCUT2D eigenvalue weighted by molar-refractivity contribution is 5.45. The van der Waals surface area contributed by atoms with Gasteiger partial charge in [-0.05, 0) is 18.4 Å². The SMILES string of the molecule is CC(Nc1ccn2nccc2n1)C(C)(C)C. The molecule has 4 nitrogen and oxygen atoms in total. The zero-order valence-electron chi connectivity index (χ0n) is 10.2. The van der Waals surface area contributed by atoms with Crippen LogP contribution in [0.15, 0.2) is 24.5 Å². The van der Waals surface area contributed by atoms with Crippen molar-refractivity contribution in [3.63, 3.8) is 0 Å². The summed E-state index contributed by atoms with van der Waals surface area (Å²) in [6, 6.07) is 4.21. The molecule has 86 valence electrons. The van der Waals surface area contributed by atoms with E-state index in [2.05, 4.69) is 43.1 Å². The number of nitrogens with zero attached hydrogens (tertiary/aromatic N) is 3. The molecular weight excluding hydrogens is 200 g/mol. The Bertz CT molecular complexity index is 481. The minimum absolute atomic E-state index is 0.216. The van der Waals surface area contributed by atoms with E-state index in [0.29, 0.717) is 6.04 Å². The monoisotopic (exact) mass is 218 g/mol. The van der Waals surface area contributed by atoms with E-state index >= 15 is 0 Å². The fraction of sp³-hybridized carbons (Fsp3) is 0.500. The zero-order chi connectivity index (χ0) is 11.8. The Morgan fingerprint density at radius 2 is 2.06 bits per heavy atom. The molecule has 4 heteroatoms. The lowest BCUT2D eigenvalue weighted by atomic mass is 9.88. The Morgan fingerprint density at radius 3 is 2.75 bits per heavy atom. The van der Waals surface area contributed by atoms with Crippen LogP contribution in [-0.4, -0.2) is 20.6 Å². The minimum Gasteiger partial charge on any atom is -0.367 e. The first-order valence-corrected chi connectivity index (χ1v) is 5.54. The summed E-state index contributed by atoms with van der Waals surface area (Å²) < 4.78 is 1.76. The average molecular weight is 218 g/mol. The molecule has 0 bridgehead atoms. The first-order chi connectivity index (χ1) is 7.47. The van der Waals surface area contributed by atoms with Gasteiger partial charge in [0.05, 0.1) is 6.20 Å². The van der Waals surface area contributed by atoms with Gasteiger partial charge in [0.15, 0.2) is 5.65 Å². The van der Waals surface area contributed by atoms with Crippen LogP contribution in [0.3, 0.4) is 0 Å². The molecule has 0 spiro atoms. The predicted molar refractivity (Wildman–Crippen MR) is 65.5 cm³/mol. The van der Waals surface area contributed by atoms with Crippen LogP contribution in [0.5, 0.6) is 0 Å². The highest BCUT2D eigenvalue weighted by atomic mass is 15.2. The van der Waals surface area contributed by atoms with Crippen LogP contribution in [0.1, 0.15) is 27.7 Å². The normalized spacial score (nSPS) is 14.0. The van der Waals surface area contributed by atoms with Gasteiger partial charge < -0.3 is 5.32 Å². The number of hydrogen-bond donors (Lipinski definition) is 1. The Morgan fingerprint density at radius 1 is 1.31 bits per heavy atom. The van der Waals surface area contributed by atoms with Gasteiger partial charge in [-0.15, -0.1) is 0 Å². The van der Waals surface area contributed by atoms with Crippen molar-refractivity contribution in [2.75, 3.05) is 5.32 Å². The first kappa shape index (κ1) is 10.9. The topological polar surface area (TPSA) is 42.2 Å². The molecule has 1 unspecified atom stereocenters. The number of anilines is 1. The van der Waals surface area contributed by atoms with E-state index < -0.39 is 0 Å². The summed E-state index contributed by atoms with van der Waals surface area (Å²) in [4.78, 5) is 4.48. The number of nitrogens with one attached hydrogen (secondary N) is 1. The van der Waals surface area contributed by atoms with E-state index in [1.165, 1.54) is 0 Å². The average Bonchev–Trinajstić information content (AvgIpc) is 2.63. The van der Waals surface area contributed by atoms with Gasteiger partial charge >= 0.3 is 0 Å². The molecule has 0 fully saturated rings. The summed E-state index contributed by atoms with van der Waals surface area (Å²) in [7, 11) is 0. The minimum atomic E-state index is 0.216. The molecule has 0 aliphatic heterocycles. The Hall–Kier alpha value is -1.58. The van der Waals surface area contributed by atoms with Crippen LogP contribution in [-0.2, 0) is 0 Å². The Balaban J connectivity index is 2.21. The number of hydrogen-bond acceptors (Lipinski definition) is 3. The maximum absolute atomic E-state index is 4.48. The fourth-order valence-electron chi connectivity index (χ4n) is 1.33. The van der Waals surface area contributed by atoms with Gasteiger partial charge in [-0.3, -0.25) is 0 Å². The van der Waals surface area contributed by atoms with Crippen LogP contribution >= 0.6 is 0 Å². The van der Waals surface area contributed by atoms with E-state index in [4.69, 9.17) is 0 Å². The molecule has 2 rings (SSSR count). The summed E-state index contributed by atoms with van der Waals surface area (Å²) in [6.07, 6.45) is 3.67.